The molecule has 1 saturated heterocycles. The normalized spacial score (nSPS) is 18.2. The lowest BCUT2D eigenvalue weighted by molar-refractivity contribution is 0.583. The zero-order chi connectivity index (χ0) is 19.0. The Labute approximate surface area is 161 Å². The average Bonchev–Trinajstić information content (AvgIpc) is 3.07. The van der Waals surface area contributed by atoms with E-state index in [1.807, 2.05) is 25.1 Å². The second-order valence-electron chi connectivity index (χ2n) is 6.11. The average molecular weight is 402 g/mol. The van der Waals surface area contributed by atoms with Gasteiger partial charge in [0.15, 0.2) is 5.96 Å². The van der Waals surface area contributed by atoms with Crippen LogP contribution in [0.2, 0.25) is 5.02 Å². The molecule has 3 N–H and O–H groups in total. The molecule has 1 aliphatic rings. The van der Waals surface area contributed by atoms with Gasteiger partial charge in [0.05, 0.1) is 12.3 Å². The summed E-state index contributed by atoms with van der Waals surface area (Å²) in [4.78, 5) is 6.75. The third kappa shape index (κ3) is 6.66. The number of guanidine groups is 1. The summed E-state index contributed by atoms with van der Waals surface area (Å²) in [6.45, 7) is 6.87. The summed E-state index contributed by atoms with van der Waals surface area (Å²) < 4.78 is 25.4. The molecule has 0 bridgehead atoms. The molecule has 1 fully saturated rings. The summed E-state index contributed by atoms with van der Waals surface area (Å²) in [5.41, 5.74) is 1.12. The molecule has 146 valence electrons. The van der Waals surface area contributed by atoms with Gasteiger partial charge >= 0.3 is 0 Å². The fourth-order valence-electron chi connectivity index (χ4n) is 2.77. The monoisotopic (exact) mass is 401 g/mol. The summed E-state index contributed by atoms with van der Waals surface area (Å²) in [6.07, 6.45) is 0.999. The molecule has 2 rings (SSSR count). The van der Waals surface area contributed by atoms with Crippen molar-refractivity contribution in [1.82, 2.24) is 15.4 Å². The van der Waals surface area contributed by atoms with Gasteiger partial charge in [-0.05, 0) is 38.5 Å². The van der Waals surface area contributed by atoms with Gasteiger partial charge < -0.3 is 15.5 Å². The first kappa shape index (κ1) is 20.8. The second-order valence-corrected chi connectivity index (χ2v) is 8.65. The number of nitrogens with one attached hydrogen (secondary N) is 3. The minimum Gasteiger partial charge on any atom is -0.369 e. The van der Waals surface area contributed by atoms with Gasteiger partial charge in [0.1, 0.15) is 0 Å². The van der Waals surface area contributed by atoms with Gasteiger partial charge in [0.2, 0.25) is 10.0 Å². The van der Waals surface area contributed by atoms with Crippen molar-refractivity contribution < 1.29 is 8.42 Å². The number of anilines is 1. The van der Waals surface area contributed by atoms with Gasteiger partial charge in [-0.15, -0.1) is 0 Å². The van der Waals surface area contributed by atoms with Crippen LogP contribution in [0.25, 0.3) is 0 Å². The Hall–Kier alpha value is -1.51. The molecule has 7 nitrogen and oxygen atoms in total. The van der Waals surface area contributed by atoms with E-state index in [1.165, 1.54) is 0 Å². The van der Waals surface area contributed by atoms with Crippen LogP contribution in [0.1, 0.15) is 20.3 Å². The van der Waals surface area contributed by atoms with Crippen molar-refractivity contribution in [3.05, 3.63) is 29.3 Å². The van der Waals surface area contributed by atoms with Gasteiger partial charge in [-0.25, -0.2) is 13.1 Å². The number of sulfonamides is 1. The molecule has 1 heterocycles. The number of rotatable bonds is 8. The maximum Gasteiger partial charge on any atom is 0.211 e. The molecule has 0 spiro atoms. The van der Waals surface area contributed by atoms with Crippen molar-refractivity contribution in [3.63, 3.8) is 0 Å². The minimum absolute atomic E-state index is 0.0798. The first-order valence-corrected chi connectivity index (χ1v) is 11.0. The SMILES string of the molecule is CCNC(=NCCNS(=O)(=O)CC)NC1CCN(c2cccc(Cl)c2)C1. The van der Waals surface area contributed by atoms with E-state index >= 15 is 0 Å². The van der Waals surface area contributed by atoms with Gasteiger partial charge in [0.25, 0.3) is 0 Å². The van der Waals surface area contributed by atoms with Crippen LogP contribution in [0, 0.1) is 0 Å². The lowest BCUT2D eigenvalue weighted by atomic mass is 10.3. The molecule has 0 amide bonds. The van der Waals surface area contributed by atoms with Crippen molar-refractivity contribution in [2.24, 2.45) is 4.99 Å². The number of halogens is 1. The van der Waals surface area contributed by atoms with E-state index < -0.39 is 10.0 Å². The van der Waals surface area contributed by atoms with Crippen molar-refractivity contribution in [2.75, 3.05) is 43.4 Å². The number of aliphatic imine (C=N–C) groups is 1. The predicted molar refractivity (Wildman–Crippen MR) is 109 cm³/mol. The third-order valence-electron chi connectivity index (χ3n) is 4.13. The molecular formula is C17H28ClN5O2S. The fraction of sp³-hybridized carbons (Fsp3) is 0.588. The van der Waals surface area contributed by atoms with E-state index in [1.54, 1.807) is 6.92 Å². The molecule has 1 aliphatic heterocycles. The molecule has 0 aliphatic carbocycles. The summed E-state index contributed by atoms with van der Waals surface area (Å²) in [7, 11) is -3.17. The highest BCUT2D eigenvalue weighted by atomic mass is 35.5. The maximum atomic E-state index is 11.4. The zero-order valence-electron chi connectivity index (χ0n) is 15.3. The number of nitrogens with zero attached hydrogens (tertiary/aromatic N) is 2. The number of benzene rings is 1. The lowest BCUT2D eigenvalue weighted by Crippen LogP contribution is -2.45. The molecule has 0 radical (unpaired) electrons. The molecule has 26 heavy (non-hydrogen) atoms. The van der Waals surface area contributed by atoms with E-state index in [2.05, 4.69) is 31.3 Å². The highest BCUT2D eigenvalue weighted by Crippen LogP contribution is 2.23. The fourth-order valence-corrected chi connectivity index (χ4v) is 3.56. The number of hydrogen-bond acceptors (Lipinski definition) is 4. The Morgan fingerprint density at radius 3 is 2.88 bits per heavy atom. The van der Waals surface area contributed by atoms with Crippen LogP contribution in [0.5, 0.6) is 0 Å². The van der Waals surface area contributed by atoms with Gasteiger partial charge in [-0.2, -0.15) is 0 Å². The molecule has 0 saturated carbocycles. The third-order valence-corrected chi connectivity index (χ3v) is 5.77. The Morgan fingerprint density at radius 2 is 2.19 bits per heavy atom. The smallest absolute Gasteiger partial charge is 0.211 e. The summed E-state index contributed by atoms with van der Waals surface area (Å²) in [5.74, 6) is 0.789. The summed E-state index contributed by atoms with van der Waals surface area (Å²) >= 11 is 6.08. The van der Waals surface area contributed by atoms with Crippen molar-refractivity contribution in [1.29, 1.82) is 0 Å². The number of hydrogen-bond donors (Lipinski definition) is 3. The molecule has 1 unspecified atom stereocenters. The van der Waals surface area contributed by atoms with Crippen LogP contribution in [0.4, 0.5) is 5.69 Å². The molecule has 1 aromatic rings. The standard InChI is InChI=1S/C17H28ClN5O2S/c1-3-19-17(20-9-10-21-26(24,25)4-2)22-15-8-11-23(13-15)16-7-5-6-14(18)12-16/h5-7,12,15,21H,3-4,8-11,13H2,1-2H3,(H2,19,20,22). The highest BCUT2D eigenvalue weighted by Gasteiger charge is 2.23. The van der Waals surface area contributed by atoms with Crippen LogP contribution in [-0.2, 0) is 10.0 Å². The quantitative estimate of drug-likeness (QED) is 0.348. The Morgan fingerprint density at radius 1 is 1.38 bits per heavy atom. The molecule has 1 aromatic carbocycles. The van der Waals surface area contributed by atoms with Crippen LogP contribution in [0.3, 0.4) is 0 Å². The topological polar surface area (TPSA) is 85.8 Å². The summed E-state index contributed by atoms with van der Waals surface area (Å²) in [6, 6.07) is 8.15. The Bertz CT molecular complexity index is 711. The van der Waals surface area contributed by atoms with E-state index in [4.69, 9.17) is 11.6 Å². The lowest BCUT2D eigenvalue weighted by Gasteiger charge is -2.20. The molecule has 0 aromatic heterocycles. The molecular weight excluding hydrogens is 374 g/mol. The van der Waals surface area contributed by atoms with Gasteiger partial charge in [0, 0.05) is 42.9 Å². The first-order valence-electron chi connectivity index (χ1n) is 8.96. The van der Waals surface area contributed by atoms with Crippen LogP contribution >= 0.6 is 11.6 Å². The van der Waals surface area contributed by atoms with Gasteiger partial charge in [-0.1, -0.05) is 17.7 Å². The Balaban J connectivity index is 1.86. The Kier molecular flexibility index (Phi) is 7.99. The van der Waals surface area contributed by atoms with E-state index in [0.717, 1.165) is 36.8 Å². The van der Waals surface area contributed by atoms with Crippen molar-refractivity contribution >= 4 is 33.3 Å². The first-order chi connectivity index (χ1) is 12.4. The van der Waals surface area contributed by atoms with Gasteiger partial charge in [-0.3, -0.25) is 4.99 Å². The minimum atomic E-state index is -3.17. The van der Waals surface area contributed by atoms with E-state index in [0.29, 0.717) is 19.0 Å². The van der Waals surface area contributed by atoms with Crippen LogP contribution in [-0.4, -0.2) is 58.9 Å². The second kappa shape index (κ2) is 9.99. The zero-order valence-corrected chi connectivity index (χ0v) is 16.9. The highest BCUT2D eigenvalue weighted by molar-refractivity contribution is 7.89. The van der Waals surface area contributed by atoms with E-state index in [9.17, 15) is 8.42 Å². The van der Waals surface area contributed by atoms with E-state index in [-0.39, 0.29) is 11.8 Å². The predicted octanol–water partition coefficient (Wildman–Crippen LogP) is 1.41. The van der Waals surface area contributed by atoms with Crippen LogP contribution < -0.4 is 20.3 Å². The molecule has 1 atom stereocenters. The van der Waals surface area contributed by atoms with Crippen molar-refractivity contribution in [3.8, 4) is 0 Å². The van der Waals surface area contributed by atoms with Crippen molar-refractivity contribution in [2.45, 2.75) is 26.3 Å². The maximum absolute atomic E-state index is 11.4. The molecule has 9 heteroatoms. The largest absolute Gasteiger partial charge is 0.369 e. The summed E-state index contributed by atoms with van der Waals surface area (Å²) in [5, 5.41) is 7.38. The van der Waals surface area contributed by atoms with Crippen LogP contribution in [0.15, 0.2) is 29.3 Å².